The van der Waals surface area contributed by atoms with Gasteiger partial charge in [0, 0.05) is 28.7 Å². The second-order valence-corrected chi connectivity index (χ2v) is 9.34. The fourth-order valence-electron chi connectivity index (χ4n) is 3.92. The molecule has 0 aliphatic rings. The van der Waals surface area contributed by atoms with E-state index >= 15 is 0 Å². The highest BCUT2D eigenvalue weighted by Crippen LogP contribution is 2.26. The van der Waals surface area contributed by atoms with Crippen molar-refractivity contribution in [2.24, 2.45) is 0 Å². The Kier molecular flexibility index (Phi) is 7.47. The molecule has 2 N–H and O–H groups in total. The van der Waals surface area contributed by atoms with Gasteiger partial charge in [-0.05, 0) is 41.0 Å². The number of hydrogen-bond acceptors (Lipinski definition) is 5. The highest BCUT2D eigenvalue weighted by Gasteiger charge is 2.20. The molecule has 5 rings (SSSR count). The molecule has 0 unspecified atom stereocenters. The van der Waals surface area contributed by atoms with E-state index in [0.29, 0.717) is 16.8 Å². The molecule has 0 saturated carbocycles. The van der Waals surface area contributed by atoms with Crippen LogP contribution in [0.5, 0.6) is 0 Å². The first-order chi connectivity index (χ1) is 18.6. The molecule has 0 fully saturated rings. The van der Waals surface area contributed by atoms with E-state index < -0.39 is 0 Å². The van der Waals surface area contributed by atoms with Gasteiger partial charge < -0.3 is 10.6 Å². The largest absolute Gasteiger partial charge is 0.347 e. The number of nitrogens with one attached hydrogen (secondary N) is 2. The third-order valence-corrected chi connectivity index (χ3v) is 6.73. The van der Waals surface area contributed by atoms with Crippen LogP contribution in [0.1, 0.15) is 41.8 Å². The Balaban J connectivity index is 1.20. The fourth-order valence-corrected chi connectivity index (χ4v) is 4.67. The topological polar surface area (TPSA) is 88.2 Å². The summed E-state index contributed by atoms with van der Waals surface area (Å²) in [6.45, 7) is 0.281. The van der Waals surface area contributed by atoms with Crippen LogP contribution in [0.3, 0.4) is 0 Å². The van der Waals surface area contributed by atoms with Crippen LogP contribution in [0.4, 0.5) is 5.69 Å². The Morgan fingerprint density at radius 3 is 2.11 bits per heavy atom. The molecule has 0 saturated heterocycles. The third kappa shape index (κ3) is 5.74. The highest BCUT2D eigenvalue weighted by molar-refractivity contribution is 7.12. The van der Waals surface area contributed by atoms with Crippen molar-refractivity contribution in [1.82, 2.24) is 10.3 Å². The van der Waals surface area contributed by atoms with E-state index in [2.05, 4.69) is 15.6 Å². The Morgan fingerprint density at radius 1 is 0.711 bits per heavy atom. The maximum Gasteiger partial charge on any atom is 0.271 e. The standard InChI is InChI=1S/C31H23N3O3S/c35-28(26-14-8-7-13-25(26)22-9-3-1-4-10-22)31-34-27(20-38-31)30(37)32-19-21-15-17-24(18-16-21)33-29(36)23-11-5-2-6-12-23/h1-18,20H,19H2,(H,32,37)(H,33,36). The lowest BCUT2D eigenvalue weighted by Crippen LogP contribution is -2.23. The van der Waals surface area contributed by atoms with Crippen molar-refractivity contribution in [3.63, 3.8) is 0 Å². The first kappa shape index (κ1) is 24.8. The number of amides is 2. The lowest BCUT2D eigenvalue weighted by Gasteiger charge is -2.08. The predicted molar refractivity (Wildman–Crippen MR) is 149 cm³/mol. The number of carbonyl (C=O) groups excluding carboxylic acids is 3. The van der Waals surface area contributed by atoms with Gasteiger partial charge >= 0.3 is 0 Å². The zero-order valence-corrected chi connectivity index (χ0v) is 21.1. The SMILES string of the molecule is O=C(Nc1ccc(CNC(=O)c2csc(C(=O)c3ccccc3-c3ccccc3)n2)cc1)c1ccccc1. The number of anilines is 1. The monoisotopic (exact) mass is 517 g/mol. The molecule has 5 aromatic rings. The summed E-state index contributed by atoms with van der Waals surface area (Å²) in [5.74, 6) is -0.772. The summed E-state index contributed by atoms with van der Waals surface area (Å²) in [4.78, 5) is 42.6. The molecule has 0 spiro atoms. The highest BCUT2D eigenvalue weighted by atomic mass is 32.1. The summed E-state index contributed by atoms with van der Waals surface area (Å²) < 4.78 is 0. The van der Waals surface area contributed by atoms with Crippen LogP contribution >= 0.6 is 11.3 Å². The lowest BCUT2D eigenvalue weighted by molar-refractivity contribution is 0.0945. The number of carbonyl (C=O) groups is 3. The molecule has 7 heteroatoms. The van der Waals surface area contributed by atoms with E-state index in [0.717, 1.165) is 28.0 Å². The first-order valence-electron chi connectivity index (χ1n) is 12.0. The Hall–Kier alpha value is -4.88. The molecule has 0 atom stereocenters. The maximum absolute atomic E-state index is 13.2. The molecule has 38 heavy (non-hydrogen) atoms. The van der Waals surface area contributed by atoms with Gasteiger partial charge in [-0.25, -0.2) is 4.98 Å². The van der Waals surface area contributed by atoms with Crippen LogP contribution in [-0.2, 0) is 6.54 Å². The molecule has 2 amide bonds. The van der Waals surface area contributed by atoms with E-state index in [-0.39, 0.29) is 34.8 Å². The molecule has 0 radical (unpaired) electrons. The average molecular weight is 518 g/mol. The van der Waals surface area contributed by atoms with E-state index in [4.69, 9.17) is 0 Å². The number of aromatic nitrogens is 1. The summed E-state index contributed by atoms with van der Waals surface area (Å²) in [6, 6.07) is 33.3. The van der Waals surface area contributed by atoms with Crippen molar-refractivity contribution in [2.45, 2.75) is 6.54 Å². The van der Waals surface area contributed by atoms with E-state index in [1.807, 2.05) is 78.9 Å². The molecule has 1 aromatic heterocycles. The van der Waals surface area contributed by atoms with Gasteiger partial charge in [0.15, 0.2) is 5.01 Å². The van der Waals surface area contributed by atoms with Crippen molar-refractivity contribution in [3.8, 4) is 11.1 Å². The van der Waals surface area contributed by atoms with E-state index in [1.165, 1.54) is 0 Å². The first-order valence-corrected chi connectivity index (χ1v) is 12.8. The molecule has 0 aliphatic carbocycles. The van der Waals surface area contributed by atoms with Crippen LogP contribution in [-0.4, -0.2) is 22.6 Å². The Bertz CT molecular complexity index is 1580. The number of thiazole rings is 1. The van der Waals surface area contributed by atoms with Gasteiger partial charge in [-0.2, -0.15) is 0 Å². The summed E-state index contributed by atoms with van der Waals surface area (Å²) in [6.07, 6.45) is 0. The van der Waals surface area contributed by atoms with Crippen LogP contribution in [0.2, 0.25) is 0 Å². The van der Waals surface area contributed by atoms with E-state index in [1.54, 1.807) is 35.7 Å². The van der Waals surface area contributed by atoms with Crippen molar-refractivity contribution in [3.05, 3.63) is 142 Å². The van der Waals surface area contributed by atoms with Crippen LogP contribution in [0, 0.1) is 0 Å². The van der Waals surface area contributed by atoms with Crippen molar-refractivity contribution >= 4 is 34.6 Å². The van der Waals surface area contributed by atoms with Gasteiger partial charge in [0.1, 0.15) is 5.69 Å². The van der Waals surface area contributed by atoms with E-state index in [9.17, 15) is 14.4 Å². The molecule has 0 bridgehead atoms. The zero-order valence-electron chi connectivity index (χ0n) is 20.3. The van der Waals surface area contributed by atoms with Gasteiger partial charge in [-0.1, -0.05) is 84.9 Å². The minimum Gasteiger partial charge on any atom is -0.347 e. The zero-order chi connectivity index (χ0) is 26.3. The van der Waals surface area contributed by atoms with Gasteiger partial charge in [-0.15, -0.1) is 11.3 Å². The summed E-state index contributed by atoms with van der Waals surface area (Å²) in [7, 11) is 0. The van der Waals surface area contributed by atoms with Crippen LogP contribution in [0.15, 0.2) is 115 Å². The molecule has 1 heterocycles. The van der Waals surface area contributed by atoms with Gasteiger partial charge in [0.2, 0.25) is 5.78 Å². The second-order valence-electron chi connectivity index (χ2n) is 8.48. The number of benzene rings is 4. The Morgan fingerprint density at radius 2 is 1.37 bits per heavy atom. The van der Waals surface area contributed by atoms with Gasteiger partial charge in [0.05, 0.1) is 0 Å². The fraction of sp³-hybridized carbons (Fsp3) is 0.0323. The Labute approximate surface area is 224 Å². The lowest BCUT2D eigenvalue weighted by atomic mass is 9.97. The van der Waals surface area contributed by atoms with Crippen molar-refractivity contribution in [2.75, 3.05) is 5.32 Å². The minimum atomic E-state index is -0.363. The van der Waals surface area contributed by atoms with Gasteiger partial charge in [0.25, 0.3) is 11.8 Å². The number of rotatable bonds is 8. The smallest absolute Gasteiger partial charge is 0.271 e. The molecule has 186 valence electrons. The third-order valence-electron chi connectivity index (χ3n) is 5.89. The van der Waals surface area contributed by atoms with Crippen molar-refractivity contribution in [1.29, 1.82) is 0 Å². The number of hydrogen-bond donors (Lipinski definition) is 2. The van der Waals surface area contributed by atoms with Crippen LogP contribution < -0.4 is 10.6 Å². The minimum absolute atomic E-state index is 0.188. The maximum atomic E-state index is 13.2. The summed E-state index contributed by atoms with van der Waals surface area (Å²) in [5.41, 5.74) is 4.60. The second kappa shape index (κ2) is 11.5. The molecular weight excluding hydrogens is 494 g/mol. The number of ketones is 1. The van der Waals surface area contributed by atoms with Gasteiger partial charge in [-0.3, -0.25) is 14.4 Å². The normalized spacial score (nSPS) is 10.5. The molecule has 0 aliphatic heterocycles. The summed E-state index contributed by atoms with van der Waals surface area (Å²) >= 11 is 1.15. The average Bonchev–Trinajstić information content (AvgIpc) is 3.48. The molecule has 4 aromatic carbocycles. The van der Waals surface area contributed by atoms with Crippen molar-refractivity contribution < 1.29 is 14.4 Å². The predicted octanol–water partition coefficient (Wildman–Crippen LogP) is 6.22. The molecule has 6 nitrogen and oxygen atoms in total. The molecular formula is C31H23N3O3S. The number of nitrogens with zero attached hydrogens (tertiary/aromatic N) is 1. The van der Waals surface area contributed by atoms with Crippen LogP contribution in [0.25, 0.3) is 11.1 Å². The quantitative estimate of drug-likeness (QED) is 0.239. The summed E-state index contributed by atoms with van der Waals surface area (Å²) in [5, 5.41) is 7.54.